The van der Waals surface area contributed by atoms with Crippen molar-refractivity contribution in [2.24, 2.45) is 5.73 Å². The highest BCUT2D eigenvalue weighted by Crippen LogP contribution is 2.09. The summed E-state index contributed by atoms with van der Waals surface area (Å²) in [5, 5.41) is 0. The van der Waals surface area contributed by atoms with E-state index in [1.54, 1.807) is 0 Å². The summed E-state index contributed by atoms with van der Waals surface area (Å²) in [7, 11) is 0. The van der Waals surface area contributed by atoms with Gasteiger partial charge in [0.25, 0.3) is 0 Å². The van der Waals surface area contributed by atoms with Crippen molar-refractivity contribution in [3.05, 3.63) is 35.5 Å². The molecular weight excluding hydrogens is 158 g/mol. The Morgan fingerprint density at radius 1 is 1.31 bits per heavy atom. The van der Waals surface area contributed by atoms with E-state index in [4.69, 9.17) is 5.73 Å². The van der Waals surface area contributed by atoms with Gasteiger partial charge in [0.15, 0.2) is 0 Å². The molecule has 0 atom stereocenters. The van der Waals surface area contributed by atoms with Gasteiger partial charge in [0, 0.05) is 6.54 Å². The number of nitrogens with two attached hydrogens (primary N) is 1. The molecule has 0 spiro atoms. The lowest BCUT2D eigenvalue weighted by atomic mass is 10.1. The molecule has 0 aromatic carbocycles. The topological polar surface area (TPSA) is 26.0 Å². The van der Waals surface area contributed by atoms with Gasteiger partial charge in [0.1, 0.15) is 0 Å². The molecule has 0 aliphatic rings. The number of hydrogen-bond donors (Lipinski definition) is 1. The first kappa shape index (κ1) is 12.2. The van der Waals surface area contributed by atoms with Gasteiger partial charge in [-0.15, -0.1) is 0 Å². The summed E-state index contributed by atoms with van der Waals surface area (Å²) in [5.74, 6) is 0. The van der Waals surface area contributed by atoms with Crippen LogP contribution in [-0.4, -0.2) is 6.54 Å². The zero-order valence-electron chi connectivity index (χ0n) is 9.06. The Morgan fingerprint density at radius 2 is 1.92 bits per heavy atom. The van der Waals surface area contributed by atoms with E-state index >= 15 is 0 Å². The number of allylic oxidation sites excluding steroid dienone is 4. The number of rotatable bonds is 5. The molecule has 0 aromatic rings. The fourth-order valence-corrected chi connectivity index (χ4v) is 1.20. The zero-order valence-corrected chi connectivity index (χ0v) is 9.06. The highest BCUT2D eigenvalue weighted by atomic mass is 14.5. The molecular formula is C12H21N. The van der Waals surface area contributed by atoms with E-state index in [0.717, 1.165) is 12.8 Å². The van der Waals surface area contributed by atoms with Crippen LogP contribution in [0.3, 0.4) is 0 Å². The molecule has 0 rings (SSSR count). The van der Waals surface area contributed by atoms with Gasteiger partial charge in [-0.05, 0) is 20.3 Å². The van der Waals surface area contributed by atoms with Crippen LogP contribution < -0.4 is 5.73 Å². The van der Waals surface area contributed by atoms with Crippen LogP contribution in [0.2, 0.25) is 0 Å². The van der Waals surface area contributed by atoms with Crippen molar-refractivity contribution in [1.29, 1.82) is 0 Å². The Kier molecular flexibility index (Phi) is 6.25. The van der Waals surface area contributed by atoms with E-state index in [1.165, 1.54) is 16.7 Å². The normalized spacial score (nSPS) is 13.2. The summed E-state index contributed by atoms with van der Waals surface area (Å²) in [6.07, 6.45) is 6.47. The monoisotopic (exact) mass is 179 g/mol. The van der Waals surface area contributed by atoms with Crippen LogP contribution >= 0.6 is 0 Å². The predicted molar refractivity (Wildman–Crippen MR) is 60.6 cm³/mol. The van der Waals surface area contributed by atoms with Crippen molar-refractivity contribution in [2.75, 3.05) is 6.54 Å². The second-order valence-corrected chi connectivity index (χ2v) is 3.49. The van der Waals surface area contributed by atoms with E-state index in [0.29, 0.717) is 6.54 Å². The molecule has 1 heteroatoms. The van der Waals surface area contributed by atoms with Crippen molar-refractivity contribution >= 4 is 0 Å². The molecule has 0 amide bonds. The lowest BCUT2D eigenvalue weighted by molar-refractivity contribution is 0.928. The third kappa shape index (κ3) is 6.35. The SMILES string of the molecule is C=C(C=C(C)C=C(C)CN)CCC. The molecule has 0 heterocycles. The van der Waals surface area contributed by atoms with Crippen molar-refractivity contribution in [1.82, 2.24) is 0 Å². The van der Waals surface area contributed by atoms with Gasteiger partial charge in [-0.25, -0.2) is 0 Å². The van der Waals surface area contributed by atoms with Gasteiger partial charge >= 0.3 is 0 Å². The maximum atomic E-state index is 5.49. The summed E-state index contributed by atoms with van der Waals surface area (Å²) in [6.45, 7) is 10.9. The fraction of sp³-hybridized carbons (Fsp3) is 0.500. The van der Waals surface area contributed by atoms with Crippen LogP contribution in [0, 0.1) is 0 Å². The highest BCUT2D eigenvalue weighted by Gasteiger charge is 1.90. The Morgan fingerprint density at radius 3 is 2.38 bits per heavy atom. The fourth-order valence-electron chi connectivity index (χ4n) is 1.20. The van der Waals surface area contributed by atoms with Crippen molar-refractivity contribution in [3.8, 4) is 0 Å². The van der Waals surface area contributed by atoms with Gasteiger partial charge in [0.05, 0.1) is 0 Å². The minimum Gasteiger partial charge on any atom is -0.327 e. The molecule has 0 saturated carbocycles. The summed E-state index contributed by atoms with van der Waals surface area (Å²) >= 11 is 0. The summed E-state index contributed by atoms with van der Waals surface area (Å²) in [4.78, 5) is 0. The first-order chi connectivity index (χ1) is 6.10. The van der Waals surface area contributed by atoms with Crippen LogP contribution in [0.4, 0.5) is 0 Å². The minimum absolute atomic E-state index is 0.630. The summed E-state index contributed by atoms with van der Waals surface area (Å²) in [6, 6.07) is 0. The van der Waals surface area contributed by atoms with Crippen LogP contribution in [0.1, 0.15) is 33.6 Å². The van der Waals surface area contributed by atoms with E-state index < -0.39 is 0 Å². The molecule has 0 aliphatic carbocycles. The van der Waals surface area contributed by atoms with Gasteiger partial charge in [-0.3, -0.25) is 0 Å². The molecule has 74 valence electrons. The Labute approximate surface area is 82.0 Å². The molecule has 13 heavy (non-hydrogen) atoms. The lowest BCUT2D eigenvalue weighted by Gasteiger charge is -1.99. The van der Waals surface area contributed by atoms with E-state index in [1.807, 2.05) is 6.92 Å². The molecule has 0 saturated heterocycles. The smallest absolute Gasteiger partial charge is 0.0137 e. The average Bonchev–Trinajstić information content (AvgIpc) is 2.04. The highest BCUT2D eigenvalue weighted by molar-refractivity contribution is 5.29. The Hall–Kier alpha value is -0.820. The van der Waals surface area contributed by atoms with E-state index in [2.05, 4.69) is 32.6 Å². The Balaban J connectivity index is 4.24. The quantitative estimate of drug-likeness (QED) is 0.644. The molecule has 2 N–H and O–H groups in total. The van der Waals surface area contributed by atoms with Gasteiger partial charge in [-0.2, -0.15) is 0 Å². The first-order valence-electron chi connectivity index (χ1n) is 4.83. The maximum Gasteiger partial charge on any atom is 0.0137 e. The third-order valence-electron chi connectivity index (χ3n) is 1.80. The van der Waals surface area contributed by atoms with E-state index in [9.17, 15) is 0 Å². The third-order valence-corrected chi connectivity index (χ3v) is 1.80. The first-order valence-corrected chi connectivity index (χ1v) is 4.83. The molecule has 0 unspecified atom stereocenters. The molecule has 0 aliphatic heterocycles. The van der Waals surface area contributed by atoms with Gasteiger partial charge in [-0.1, -0.05) is 48.8 Å². The molecule has 0 radical (unpaired) electrons. The summed E-state index contributed by atoms with van der Waals surface area (Å²) < 4.78 is 0. The lowest BCUT2D eigenvalue weighted by Crippen LogP contribution is -1.99. The molecule has 0 bridgehead atoms. The predicted octanol–water partition coefficient (Wildman–Crippen LogP) is 3.19. The van der Waals surface area contributed by atoms with Crippen LogP contribution in [-0.2, 0) is 0 Å². The standard InChI is InChI=1S/C12H21N/c1-5-6-10(2)7-11(3)8-12(4)9-13/h7-8H,2,5-6,9,13H2,1,3-4H3. The summed E-state index contributed by atoms with van der Waals surface area (Å²) in [5.41, 5.74) is 9.13. The van der Waals surface area contributed by atoms with Gasteiger partial charge in [0.2, 0.25) is 0 Å². The van der Waals surface area contributed by atoms with Crippen LogP contribution in [0.5, 0.6) is 0 Å². The zero-order chi connectivity index (χ0) is 10.3. The second kappa shape index (κ2) is 6.67. The van der Waals surface area contributed by atoms with Crippen LogP contribution in [0.25, 0.3) is 0 Å². The van der Waals surface area contributed by atoms with Crippen molar-refractivity contribution in [2.45, 2.75) is 33.6 Å². The van der Waals surface area contributed by atoms with Crippen molar-refractivity contribution < 1.29 is 0 Å². The minimum atomic E-state index is 0.630. The molecule has 1 nitrogen and oxygen atoms in total. The Bertz CT molecular complexity index is 221. The van der Waals surface area contributed by atoms with E-state index in [-0.39, 0.29) is 0 Å². The molecule has 0 aromatic heterocycles. The van der Waals surface area contributed by atoms with Crippen molar-refractivity contribution in [3.63, 3.8) is 0 Å². The number of hydrogen-bond acceptors (Lipinski definition) is 1. The average molecular weight is 179 g/mol. The largest absolute Gasteiger partial charge is 0.327 e. The van der Waals surface area contributed by atoms with Crippen LogP contribution in [0.15, 0.2) is 35.5 Å². The van der Waals surface area contributed by atoms with Gasteiger partial charge < -0.3 is 5.73 Å². The molecule has 0 fully saturated rings. The second-order valence-electron chi connectivity index (χ2n) is 3.49. The maximum absolute atomic E-state index is 5.49.